The first-order chi connectivity index (χ1) is 16.5. The highest BCUT2D eigenvalue weighted by molar-refractivity contribution is 7.99. The molecule has 0 saturated heterocycles. The maximum atomic E-state index is 13.2. The summed E-state index contributed by atoms with van der Waals surface area (Å²) in [5, 5.41) is 22.0. The van der Waals surface area contributed by atoms with Crippen LogP contribution in [0.1, 0.15) is 25.3 Å². The number of thioether (sulfide) groups is 1. The van der Waals surface area contributed by atoms with Crippen molar-refractivity contribution in [1.82, 2.24) is 14.5 Å². The molecular formula is C25H24N4O3S2. The Hall–Kier alpha value is -3.19. The van der Waals surface area contributed by atoms with E-state index in [-0.39, 0.29) is 28.7 Å². The third kappa shape index (κ3) is 5.30. The van der Waals surface area contributed by atoms with Crippen LogP contribution < -0.4 is 5.56 Å². The summed E-state index contributed by atoms with van der Waals surface area (Å²) in [5.41, 5.74) is 1.38. The minimum Gasteiger partial charge on any atom is -0.510 e. The predicted molar refractivity (Wildman–Crippen MR) is 137 cm³/mol. The number of thiazole rings is 1. The number of nitrogens with zero attached hydrogens (tertiary/aromatic N) is 4. The second-order valence-electron chi connectivity index (χ2n) is 7.85. The van der Waals surface area contributed by atoms with E-state index >= 15 is 0 Å². The van der Waals surface area contributed by atoms with Gasteiger partial charge in [0.15, 0.2) is 5.16 Å². The number of hydrogen-bond donors (Lipinski definition) is 1. The Labute approximate surface area is 205 Å². The van der Waals surface area contributed by atoms with Gasteiger partial charge < -0.3 is 9.84 Å². The molecule has 0 bridgehead atoms. The summed E-state index contributed by atoms with van der Waals surface area (Å²) in [6.45, 7) is 4.91. The lowest BCUT2D eigenvalue weighted by Gasteiger charge is -2.14. The van der Waals surface area contributed by atoms with Crippen molar-refractivity contribution < 1.29 is 9.84 Å². The van der Waals surface area contributed by atoms with Crippen molar-refractivity contribution >= 4 is 49.8 Å². The molecule has 2 heterocycles. The molecule has 1 N–H and O–H groups in total. The van der Waals surface area contributed by atoms with Crippen molar-refractivity contribution in [3.05, 3.63) is 69.7 Å². The standard InChI is InChI=1S/C25H24N4O3S2/c1-16(2)32-13-7-12-29-24(31)17-8-3-4-9-19(17)28-25(29)33-15-21(30)18(14-26)23-27-20-10-5-6-11-22(20)34-23/h3-6,8-11,16,30H,7,12-13,15H2,1-2H3/b21-18-. The molecule has 0 aliphatic heterocycles. The van der Waals surface area contributed by atoms with E-state index in [0.717, 1.165) is 10.2 Å². The number of fused-ring (bicyclic) bond motifs is 2. The smallest absolute Gasteiger partial charge is 0.262 e. The van der Waals surface area contributed by atoms with Crippen LogP contribution in [0.4, 0.5) is 0 Å². The van der Waals surface area contributed by atoms with Crippen LogP contribution in [0.15, 0.2) is 64.2 Å². The molecule has 2 aromatic carbocycles. The number of rotatable bonds is 9. The molecule has 2 aromatic heterocycles. The van der Waals surface area contributed by atoms with Crippen LogP contribution >= 0.6 is 23.1 Å². The summed E-state index contributed by atoms with van der Waals surface area (Å²) in [6, 6.07) is 16.9. The van der Waals surface area contributed by atoms with Crippen molar-refractivity contribution in [2.45, 2.75) is 38.1 Å². The predicted octanol–water partition coefficient (Wildman–Crippen LogP) is 5.41. The van der Waals surface area contributed by atoms with Crippen molar-refractivity contribution in [3.8, 4) is 6.07 Å². The molecule has 0 spiro atoms. The first-order valence-electron chi connectivity index (χ1n) is 10.9. The van der Waals surface area contributed by atoms with Gasteiger partial charge in [0.25, 0.3) is 5.56 Å². The summed E-state index contributed by atoms with van der Waals surface area (Å²) < 4.78 is 8.18. The fraction of sp³-hybridized carbons (Fsp3) is 0.280. The summed E-state index contributed by atoms with van der Waals surface area (Å²) in [6.07, 6.45) is 0.775. The average molecular weight is 493 g/mol. The highest BCUT2D eigenvalue weighted by atomic mass is 32.2. The highest BCUT2D eigenvalue weighted by Gasteiger charge is 2.17. The molecule has 4 rings (SSSR count). The van der Waals surface area contributed by atoms with Gasteiger partial charge in [0.1, 0.15) is 22.4 Å². The van der Waals surface area contributed by atoms with Gasteiger partial charge in [-0.2, -0.15) is 5.26 Å². The molecule has 0 saturated carbocycles. The lowest BCUT2D eigenvalue weighted by molar-refractivity contribution is 0.0743. The van der Waals surface area contributed by atoms with Crippen LogP contribution in [0, 0.1) is 11.3 Å². The van der Waals surface area contributed by atoms with Crippen molar-refractivity contribution in [3.63, 3.8) is 0 Å². The van der Waals surface area contributed by atoms with Crippen LogP contribution in [0.5, 0.6) is 0 Å². The molecule has 9 heteroatoms. The Bertz CT molecular complexity index is 1420. The maximum Gasteiger partial charge on any atom is 0.262 e. The highest BCUT2D eigenvalue weighted by Crippen LogP contribution is 2.30. The number of aliphatic hydroxyl groups excluding tert-OH is 1. The molecular weight excluding hydrogens is 468 g/mol. The van der Waals surface area contributed by atoms with Gasteiger partial charge in [0, 0.05) is 13.2 Å². The van der Waals surface area contributed by atoms with Crippen molar-refractivity contribution in [2.75, 3.05) is 12.4 Å². The molecule has 0 radical (unpaired) electrons. The number of aromatic nitrogens is 3. The number of benzene rings is 2. The molecule has 0 atom stereocenters. The molecule has 7 nitrogen and oxygen atoms in total. The van der Waals surface area contributed by atoms with Crippen LogP contribution in [-0.2, 0) is 11.3 Å². The van der Waals surface area contributed by atoms with E-state index in [0.29, 0.717) is 40.6 Å². The summed E-state index contributed by atoms with van der Waals surface area (Å²) in [7, 11) is 0. The fourth-order valence-electron chi connectivity index (χ4n) is 3.42. The van der Waals surface area contributed by atoms with E-state index in [9.17, 15) is 15.2 Å². The number of nitriles is 1. The van der Waals surface area contributed by atoms with Crippen LogP contribution in [0.25, 0.3) is 26.7 Å². The van der Waals surface area contributed by atoms with Gasteiger partial charge >= 0.3 is 0 Å². The Morgan fingerprint density at radius 1 is 1.18 bits per heavy atom. The van der Waals surface area contributed by atoms with Gasteiger partial charge in [-0.1, -0.05) is 36.0 Å². The van der Waals surface area contributed by atoms with E-state index < -0.39 is 0 Å². The monoisotopic (exact) mass is 492 g/mol. The zero-order valence-corrected chi connectivity index (χ0v) is 20.5. The molecule has 0 unspecified atom stereocenters. The number of ether oxygens (including phenoxy) is 1. The number of aliphatic hydroxyl groups is 1. The lowest BCUT2D eigenvalue weighted by atomic mass is 10.2. The van der Waals surface area contributed by atoms with Crippen LogP contribution in [0.3, 0.4) is 0 Å². The Morgan fingerprint density at radius 3 is 2.65 bits per heavy atom. The zero-order valence-electron chi connectivity index (χ0n) is 18.9. The van der Waals surface area contributed by atoms with Gasteiger partial charge in [0.2, 0.25) is 0 Å². The van der Waals surface area contributed by atoms with Crippen LogP contribution in [-0.4, -0.2) is 38.1 Å². The molecule has 0 aliphatic rings. The SMILES string of the molecule is CC(C)OCCCn1c(SC/C(O)=C(\C#N)c2nc3ccccc3s2)nc2ccccc2c1=O. The van der Waals surface area contributed by atoms with Crippen molar-refractivity contribution in [2.24, 2.45) is 0 Å². The first-order valence-corrected chi connectivity index (χ1v) is 12.7. The minimum atomic E-state index is -0.132. The van der Waals surface area contributed by atoms with E-state index in [4.69, 9.17) is 4.74 Å². The third-order valence-corrected chi connectivity index (χ3v) is 7.09. The van der Waals surface area contributed by atoms with Crippen molar-refractivity contribution in [1.29, 1.82) is 5.26 Å². The minimum absolute atomic E-state index is 0.0894. The Balaban J connectivity index is 1.62. The van der Waals surface area contributed by atoms with Gasteiger partial charge in [-0.25, -0.2) is 9.97 Å². The number of hydrogen-bond acceptors (Lipinski definition) is 8. The van der Waals surface area contributed by atoms with Gasteiger partial charge in [0.05, 0.1) is 33.0 Å². The first kappa shape index (κ1) is 24.0. The molecule has 0 fully saturated rings. The summed E-state index contributed by atoms with van der Waals surface area (Å²) >= 11 is 2.58. The van der Waals surface area contributed by atoms with Gasteiger partial charge in [-0.05, 0) is 44.5 Å². The largest absolute Gasteiger partial charge is 0.510 e. The number of allylic oxidation sites excluding steroid dienone is 1. The lowest BCUT2D eigenvalue weighted by Crippen LogP contribution is -2.24. The van der Waals surface area contributed by atoms with E-state index in [1.165, 1.54) is 23.1 Å². The fourth-order valence-corrected chi connectivity index (χ4v) is 5.30. The van der Waals surface area contributed by atoms with E-state index in [1.54, 1.807) is 16.7 Å². The molecule has 0 amide bonds. The van der Waals surface area contributed by atoms with Gasteiger partial charge in [-0.15, -0.1) is 11.3 Å². The number of para-hydroxylation sites is 2. The molecule has 0 aliphatic carbocycles. The third-order valence-electron chi connectivity index (χ3n) is 5.05. The summed E-state index contributed by atoms with van der Waals surface area (Å²) in [5.74, 6) is -0.00446. The maximum absolute atomic E-state index is 13.2. The molecule has 174 valence electrons. The second kappa shape index (κ2) is 10.8. The quantitative estimate of drug-likeness (QED) is 0.110. The van der Waals surface area contributed by atoms with Crippen LogP contribution in [0.2, 0.25) is 0 Å². The van der Waals surface area contributed by atoms with E-state index in [1.807, 2.05) is 50.2 Å². The Kier molecular flexibility index (Phi) is 7.63. The topological polar surface area (TPSA) is 101 Å². The average Bonchev–Trinajstić information content (AvgIpc) is 3.25. The second-order valence-corrected chi connectivity index (χ2v) is 9.82. The zero-order chi connectivity index (χ0) is 24.1. The summed E-state index contributed by atoms with van der Waals surface area (Å²) in [4.78, 5) is 22.3. The normalized spacial score (nSPS) is 12.3. The van der Waals surface area contributed by atoms with Gasteiger partial charge in [-0.3, -0.25) is 9.36 Å². The van der Waals surface area contributed by atoms with E-state index in [2.05, 4.69) is 16.0 Å². The molecule has 4 aromatic rings. The molecule has 34 heavy (non-hydrogen) atoms. The Morgan fingerprint density at radius 2 is 1.91 bits per heavy atom.